The molecule has 2 aromatic rings. The van der Waals surface area contributed by atoms with Crippen molar-refractivity contribution < 1.29 is 23.8 Å². The van der Waals surface area contributed by atoms with Gasteiger partial charge in [0.25, 0.3) is 0 Å². The standard InChI is InChI=1S/C25H31NO5/c1-5-30-24(28)25(14-11-21(29-4)12-15-25)13-10-19-6-7-20-8-9-22(26-23(20)16-19)17(2)31-18(3)27/h6-10,13,16-17,21H,5,11-12,14-15H2,1-4H3/b13-10+/t17-,21?,25?/m1/s1. The van der Waals surface area contributed by atoms with Gasteiger partial charge in [-0.3, -0.25) is 9.59 Å². The average Bonchev–Trinajstić information content (AvgIpc) is 2.77. The van der Waals surface area contributed by atoms with Gasteiger partial charge in [0.05, 0.1) is 29.3 Å². The molecular formula is C25H31NO5. The van der Waals surface area contributed by atoms with E-state index in [9.17, 15) is 9.59 Å². The molecule has 1 aromatic carbocycles. The molecule has 0 aliphatic heterocycles. The zero-order valence-electron chi connectivity index (χ0n) is 18.7. The molecule has 166 valence electrons. The zero-order chi connectivity index (χ0) is 22.4. The van der Waals surface area contributed by atoms with E-state index in [1.165, 1.54) is 6.92 Å². The normalized spacial score (nSPS) is 22.4. The maximum atomic E-state index is 12.8. The van der Waals surface area contributed by atoms with Crippen LogP contribution in [0.2, 0.25) is 0 Å². The summed E-state index contributed by atoms with van der Waals surface area (Å²) in [6.45, 7) is 5.39. The summed E-state index contributed by atoms with van der Waals surface area (Å²) in [5, 5.41) is 0.997. The molecule has 0 amide bonds. The van der Waals surface area contributed by atoms with Crippen LogP contribution in [0, 0.1) is 5.41 Å². The Kier molecular flexibility index (Phi) is 7.44. The van der Waals surface area contributed by atoms with Gasteiger partial charge in [0, 0.05) is 19.4 Å². The van der Waals surface area contributed by atoms with Crippen molar-refractivity contribution >= 4 is 28.9 Å². The molecule has 1 fully saturated rings. The van der Waals surface area contributed by atoms with Gasteiger partial charge in [-0.15, -0.1) is 0 Å². The average molecular weight is 426 g/mol. The van der Waals surface area contributed by atoms with Crippen molar-refractivity contribution in [2.75, 3.05) is 13.7 Å². The third kappa shape index (κ3) is 5.50. The molecule has 0 unspecified atom stereocenters. The maximum Gasteiger partial charge on any atom is 0.315 e. The van der Waals surface area contributed by atoms with Crippen molar-refractivity contribution in [3.05, 3.63) is 47.7 Å². The van der Waals surface area contributed by atoms with E-state index in [0.717, 1.165) is 29.3 Å². The molecule has 1 aliphatic carbocycles. The molecule has 1 atom stereocenters. The Bertz CT molecular complexity index is 960. The first-order chi connectivity index (χ1) is 14.9. The largest absolute Gasteiger partial charge is 0.465 e. The van der Waals surface area contributed by atoms with Crippen LogP contribution < -0.4 is 0 Å². The number of esters is 2. The van der Waals surface area contributed by atoms with Crippen LogP contribution in [0.4, 0.5) is 0 Å². The molecule has 0 N–H and O–H groups in total. The smallest absolute Gasteiger partial charge is 0.315 e. The van der Waals surface area contributed by atoms with Crippen molar-refractivity contribution in [3.63, 3.8) is 0 Å². The Morgan fingerprint density at radius 2 is 1.94 bits per heavy atom. The maximum absolute atomic E-state index is 12.8. The molecule has 1 heterocycles. The number of fused-ring (bicyclic) bond motifs is 1. The number of methoxy groups -OCH3 is 1. The van der Waals surface area contributed by atoms with E-state index in [1.54, 1.807) is 14.0 Å². The monoisotopic (exact) mass is 425 g/mol. The lowest BCUT2D eigenvalue weighted by molar-refractivity contribution is -0.155. The van der Waals surface area contributed by atoms with Crippen molar-refractivity contribution in [2.24, 2.45) is 5.41 Å². The van der Waals surface area contributed by atoms with Gasteiger partial charge in [-0.05, 0) is 57.2 Å². The topological polar surface area (TPSA) is 74.7 Å². The number of hydrogen-bond acceptors (Lipinski definition) is 6. The molecule has 31 heavy (non-hydrogen) atoms. The minimum atomic E-state index is -0.626. The van der Waals surface area contributed by atoms with Crippen LogP contribution in [0.5, 0.6) is 0 Å². The second-order valence-electron chi connectivity index (χ2n) is 8.08. The molecule has 1 saturated carbocycles. The first kappa shape index (κ1) is 22.9. The molecular weight excluding hydrogens is 394 g/mol. The molecule has 1 aliphatic rings. The summed E-state index contributed by atoms with van der Waals surface area (Å²) in [6.07, 6.45) is 6.82. The number of carbonyl (C=O) groups excluding carboxylic acids is 2. The number of hydrogen-bond donors (Lipinski definition) is 0. The first-order valence-corrected chi connectivity index (χ1v) is 10.8. The zero-order valence-corrected chi connectivity index (χ0v) is 18.7. The highest BCUT2D eigenvalue weighted by Gasteiger charge is 2.41. The third-order valence-corrected chi connectivity index (χ3v) is 5.93. The highest BCUT2D eigenvalue weighted by Crippen LogP contribution is 2.40. The molecule has 0 radical (unpaired) electrons. The van der Waals surface area contributed by atoms with Crippen LogP contribution in [-0.2, 0) is 23.8 Å². The minimum absolute atomic E-state index is 0.169. The Morgan fingerprint density at radius 3 is 2.58 bits per heavy atom. The van der Waals surface area contributed by atoms with Gasteiger partial charge in [-0.25, -0.2) is 4.98 Å². The Balaban J connectivity index is 1.87. The van der Waals surface area contributed by atoms with Crippen LogP contribution in [-0.4, -0.2) is 36.7 Å². The highest BCUT2D eigenvalue weighted by molar-refractivity contribution is 5.83. The Morgan fingerprint density at radius 1 is 1.23 bits per heavy atom. The molecule has 0 bridgehead atoms. The number of aromatic nitrogens is 1. The van der Waals surface area contributed by atoms with E-state index in [-0.39, 0.29) is 18.0 Å². The molecule has 1 aromatic heterocycles. The number of carbonyl (C=O) groups is 2. The summed E-state index contributed by atoms with van der Waals surface area (Å²) < 4.78 is 16.1. The lowest BCUT2D eigenvalue weighted by Crippen LogP contribution is -2.37. The number of nitrogens with zero attached hydrogens (tertiary/aromatic N) is 1. The lowest BCUT2D eigenvalue weighted by Gasteiger charge is -2.35. The van der Waals surface area contributed by atoms with Crippen molar-refractivity contribution in [1.82, 2.24) is 4.98 Å². The van der Waals surface area contributed by atoms with Crippen molar-refractivity contribution in [1.29, 1.82) is 0 Å². The summed E-state index contributed by atoms with van der Waals surface area (Å²) in [5.74, 6) is -0.504. The summed E-state index contributed by atoms with van der Waals surface area (Å²) in [7, 11) is 1.72. The van der Waals surface area contributed by atoms with E-state index in [4.69, 9.17) is 14.2 Å². The molecule has 0 spiro atoms. The van der Waals surface area contributed by atoms with Crippen LogP contribution in [0.25, 0.3) is 17.0 Å². The Hall–Kier alpha value is -2.73. The second kappa shape index (κ2) is 10.1. The fourth-order valence-electron chi connectivity index (χ4n) is 4.10. The predicted molar refractivity (Wildman–Crippen MR) is 119 cm³/mol. The van der Waals surface area contributed by atoms with E-state index in [1.807, 2.05) is 49.4 Å². The fraction of sp³-hybridized carbons (Fsp3) is 0.480. The van der Waals surface area contributed by atoms with Gasteiger partial charge < -0.3 is 14.2 Å². The Labute approximate surface area is 183 Å². The van der Waals surface area contributed by atoms with Gasteiger partial charge in [-0.2, -0.15) is 0 Å². The number of rotatable bonds is 7. The SMILES string of the molecule is CCOC(=O)C1(/C=C/c2ccc3ccc([C@@H](C)OC(C)=O)nc3c2)CCC(OC)CC1. The van der Waals surface area contributed by atoms with Crippen molar-refractivity contribution in [2.45, 2.75) is 58.7 Å². The summed E-state index contributed by atoms with van der Waals surface area (Å²) >= 11 is 0. The van der Waals surface area contributed by atoms with E-state index in [2.05, 4.69) is 4.98 Å². The van der Waals surface area contributed by atoms with Crippen molar-refractivity contribution in [3.8, 4) is 0 Å². The summed E-state index contributed by atoms with van der Waals surface area (Å²) in [6, 6.07) is 9.83. The van der Waals surface area contributed by atoms with Gasteiger partial charge in [0.15, 0.2) is 0 Å². The number of ether oxygens (including phenoxy) is 3. The fourth-order valence-corrected chi connectivity index (χ4v) is 4.10. The predicted octanol–water partition coefficient (Wildman–Crippen LogP) is 5.01. The van der Waals surface area contributed by atoms with Gasteiger partial charge >= 0.3 is 11.9 Å². The number of pyridine rings is 1. The molecule has 3 rings (SSSR count). The summed E-state index contributed by atoms with van der Waals surface area (Å²) in [5.41, 5.74) is 1.84. The van der Waals surface area contributed by atoms with Gasteiger partial charge in [0.1, 0.15) is 6.10 Å². The molecule has 0 saturated heterocycles. The van der Waals surface area contributed by atoms with E-state index in [0.29, 0.717) is 25.1 Å². The van der Waals surface area contributed by atoms with Crippen LogP contribution in [0.1, 0.15) is 63.8 Å². The van der Waals surface area contributed by atoms with E-state index >= 15 is 0 Å². The molecule has 6 heteroatoms. The minimum Gasteiger partial charge on any atom is -0.465 e. The van der Waals surface area contributed by atoms with E-state index < -0.39 is 11.5 Å². The van der Waals surface area contributed by atoms with Gasteiger partial charge in [-0.1, -0.05) is 30.4 Å². The van der Waals surface area contributed by atoms with Gasteiger partial charge in [0.2, 0.25) is 0 Å². The highest BCUT2D eigenvalue weighted by atomic mass is 16.5. The van der Waals surface area contributed by atoms with Crippen LogP contribution in [0.3, 0.4) is 0 Å². The molecule has 6 nitrogen and oxygen atoms in total. The number of benzene rings is 1. The third-order valence-electron chi connectivity index (χ3n) is 5.93. The second-order valence-corrected chi connectivity index (χ2v) is 8.08. The first-order valence-electron chi connectivity index (χ1n) is 10.8. The van der Waals surface area contributed by atoms with Crippen LogP contribution >= 0.6 is 0 Å². The summed E-state index contributed by atoms with van der Waals surface area (Å²) in [4.78, 5) is 28.7. The quantitative estimate of drug-likeness (QED) is 0.581. The van der Waals surface area contributed by atoms with Crippen LogP contribution in [0.15, 0.2) is 36.4 Å². The lowest BCUT2D eigenvalue weighted by atomic mass is 9.72.